The highest BCUT2D eigenvalue weighted by molar-refractivity contribution is 7.93. The van der Waals surface area contributed by atoms with Gasteiger partial charge in [-0.3, -0.25) is 4.79 Å². The molecule has 2 rings (SSSR count). The first-order valence-electron chi connectivity index (χ1n) is 6.19. The van der Waals surface area contributed by atoms with Crippen LogP contribution in [0.3, 0.4) is 0 Å². The standard InChI is InChI=1S/C13H15NO6S/c1-14-6-5-10(12(14)15)21(18,19)11-7-8(13(16)17)3-4-9(11)20-2/h3-4,7,10H,5-6H2,1-2H3,(H,16,17). The van der Waals surface area contributed by atoms with Crippen molar-refractivity contribution in [1.82, 2.24) is 4.90 Å². The van der Waals surface area contributed by atoms with E-state index in [-0.39, 0.29) is 22.6 Å². The lowest BCUT2D eigenvalue weighted by molar-refractivity contribution is -0.126. The molecule has 0 spiro atoms. The van der Waals surface area contributed by atoms with Gasteiger partial charge in [-0.05, 0) is 24.6 Å². The Morgan fingerprint density at radius 2 is 2.10 bits per heavy atom. The maximum absolute atomic E-state index is 12.6. The number of likely N-dealkylation sites (tertiary alicyclic amines) is 1. The number of aromatic carboxylic acids is 1. The first-order chi connectivity index (χ1) is 9.78. The van der Waals surface area contributed by atoms with Gasteiger partial charge in [0, 0.05) is 13.6 Å². The van der Waals surface area contributed by atoms with Crippen molar-refractivity contribution in [3.63, 3.8) is 0 Å². The second-order valence-electron chi connectivity index (χ2n) is 4.75. The number of carbonyl (C=O) groups excluding carboxylic acids is 1. The summed E-state index contributed by atoms with van der Waals surface area (Å²) in [5.41, 5.74) is -0.173. The fraction of sp³-hybridized carbons (Fsp3) is 0.385. The summed E-state index contributed by atoms with van der Waals surface area (Å²) in [6.45, 7) is 0.351. The van der Waals surface area contributed by atoms with Gasteiger partial charge in [0.15, 0.2) is 9.84 Å². The zero-order chi connectivity index (χ0) is 15.8. The number of carbonyl (C=O) groups is 2. The van der Waals surface area contributed by atoms with E-state index < -0.39 is 27.0 Å². The molecule has 1 aromatic carbocycles. The Balaban J connectivity index is 2.56. The molecule has 1 fully saturated rings. The van der Waals surface area contributed by atoms with E-state index in [1.807, 2.05) is 0 Å². The van der Waals surface area contributed by atoms with Crippen LogP contribution in [0.2, 0.25) is 0 Å². The molecule has 1 saturated heterocycles. The van der Waals surface area contributed by atoms with Crippen molar-refractivity contribution < 1.29 is 27.9 Å². The monoisotopic (exact) mass is 313 g/mol. The average Bonchev–Trinajstić information content (AvgIpc) is 2.78. The Hall–Kier alpha value is -2.09. The molecule has 1 amide bonds. The average molecular weight is 313 g/mol. The lowest BCUT2D eigenvalue weighted by Crippen LogP contribution is -2.32. The lowest BCUT2D eigenvalue weighted by atomic mass is 10.2. The van der Waals surface area contributed by atoms with E-state index in [0.29, 0.717) is 6.54 Å². The Morgan fingerprint density at radius 1 is 1.43 bits per heavy atom. The van der Waals surface area contributed by atoms with Crippen LogP contribution in [0, 0.1) is 0 Å². The highest BCUT2D eigenvalue weighted by Crippen LogP contribution is 2.31. The fourth-order valence-corrected chi connectivity index (χ4v) is 4.15. The maximum atomic E-state index is 12.6. The molecule has 1 aliphatic heterocycles. The summed E-state index contributed by atoms with van der Waals surface area (Å²) in [7, 11) is -1.18. The van der Waals surface area contributed by atoms with Crippen LogP contribution in [0.4, 0.5) is 0 Å². The molecule has 0 radical (unpaired) electrons. The summed E-state index contributed by atoms with van der Waals surface area (Å²) >= 11 is 0. The van der Waals surface area contributed by atoms with Gasteiger partial charge in [0.25, 0.3) is 0 Å². The second kappa shape index (κ2) is 5.36. The Kier molecular flexibility index (Phi) is 3.91. The molecule has 114 valence electrons. The number of carboxylic acid groups (broad SMARTS) is 1. The molecule has 1 N–H and O–H groups in total. The Labute approximate surface area is 122 Å². The van der Waals surface area contributed by atoms with E-state index in [4.69, 9.17) is 9.84 Å². The van der Waals surface area contributed by atoms with Crippen LogP contribution in [0.1, 0.15) is 16.8 Å². The van der Waals surface area contributed by atoms with Gasteiger partial charge in [-0.2, -0.15) is 0 Å². The number of hydrogen-bond acceptors (Lipinski definition) is 5. The summed E-state index contributed by atoms with van der Waals surface area (Å²) in [4.78, 5) is 24.0. The van der Waals surface area contributed by atoms with Gasteiger partial charge in [0.05, 0.1) is 12.7 Å². The van der Waals surface area contributed by atoms with Crippen LogP contribution in [0.5, 0.6) is 5.75 Å². The largest absolute Gasteiger partial charge is 0.495 e. The minimum Gasteiger partial charge on any atom is -0.495 e. The highest BCUT2D eigenvalue weighted by Gasteiger charge is 2.41. The topological polar surface area (TPSA) is 101 Å². The zero-order valence-corrected chi connectivity index (χ0v) is 12.4. The molecule has 1 unspecified atom stereocenters. The van der Waals surface area contributed by atoms with Crippen molar-refractivity contribution in [3.8, 4) is 5.75 Å². The minimum absolute atomic E-state index is 0.0300. The number of carboxylic acids is 1. The summed E-state index contributed by atoms with van der Waals surface area (Å²) in [6.07, 6.45) is 0.179. The number of hydrogen-bond donors (Lipinski definition) is 1. The smallest absolute Gasteiger partial charge is 0.335 e. The van der Waals surface area contributed by atoms with Crippen LogP contribution < -0.4 is 4.74 Å². The predicted octanol–water partition coefficient (Wildman–Crippen LogP) is 0.398. The van der Waals surface area contributed by atoms with Crippen LogP contribution >= 0.6 is 0 Å². The molecule has 1 aromatic rings. The lowest BCUT2D eigenvalue weighted by Gasteiger charge is -2.14. The van der Waals surface area contributed by atoms with Crippen LogP contribution in [-0.4, -0.2) is 56.3 Å². The fourth-order valence-electron chi connectivity index (χ4n) is 2.26. The molecule has 8 heteroatoms. The molecule has 1 heterocycles. The molecule has 1 aliphatic rings. The third kappa shape index (κ3) is 2.58. The summed E-state index contributed by atoms with van der Waals surface area (Å²) in [5.74, 6) is -1.70. The third-order valence-electron chi connectivity index (χ3n) is 3.47. The van der Waals surface area contributed by atoms with E-state index in [1.54, 1.807) is 0 Å². The van der Waals surface area contributed by atoms with Gasteiger partial charge in [-0.25, -0.2) is 13.2 Å². The van der Waals surface area contributed by atoms with Crippen molar-refractivity contribution in [3.05, 3.63) is 23.8 Å². The minimum atomic E-state index is -4.00. The molecular weight excluding hydrogens is 298 g/mol. The van der Waals surface area contributed by atoms with Crippen molar-refractivity contribution >= 4 is 21.7 Å². The van der Waals surface area contributed by atoms with Crippen LogP contribution in [0.25, 0.3) is 0 Å². The normalized spacial score (nSPS) is 18.9. The third-order valence-corrected chi connectivity index (χ3v) is 5.59. The van der Waals surface area contributed by atoms with Crippen molar-refractivity contribution in [1.29, 1.82) is 0 Å². The molecule has 21 heavy (non-hydrogen) atoms. The van der Waals surface area contributed by atoms with E-state index in [1.165, 1.54) is 31.2 Å². The molecule has 1 atom stereocenters. The predicted molar refractivity (Wildman–Crippen MR) is 73.2 cm³/mol. The molecule has 0 aromatic heterocycles. The van der Waals surface area contributed by atoms with Crippen LogP contribution in [-0.2, 0) is 14.6 Å². The number of methoxy groups -OCH3 is 1. The van der Waals surface area contributed by atoms with E-state index >= 15 is 0 Å². The van der Waals surface area contributed by atoms with Gasteiger partial charge < -0.3 is 14.7 Å². The number of benzene rings is 1. The van der Waals surface area contributed by atoms with Gasteiger partial charge in [0.2, 0.25) is 5.91 Å². The van der Waals surface area contributed by atoms with Crippen molar-refractivity contribution in [2.45, 2.75) is 16.6 Å². The number of sulfone groups is 1. The molecule has 0 aliphatic carbocycles. The zero-order valence-electron chi connectivity index (χ0n) is 11.6. The van der Waals surface area contributed by atoms with Gasteiger partial charge in [0.1, 0.15) is 15.9 Å². The van der Waals surface area contributed by atoms with E-state index in [2.05, 4.69) is 0 Å². The Bertz CT molecular complexity index is 697. The first-order valence-corrected chi connectivity index (χ1v) is 7.74. The molecule has 7 nitrogen and oxygen atoms in total. The maximum Gasteiger partial charge on any atom is 0.335 e. The number of amides is 1. The number of nitrogens with zero attached hydrogens (tertiary/aromatic N) is 1. The molecule has 0 saturated carbocycles. The van der Waals surface area contributed by atoms with Crippen LogP contribution in [0.15, 0.2) is 23.1 Å². The number of ether oxygens (including phenoxy) is 1. The van der Waals surface area contributed by atoms with Gasteiger partial charge >= 0.3 is 5.97 Å². The first kappa shape index (κ1) is 15.3. The summed E-state index contributed by atoms with van der Waals surface area (Å²) in [6, 6.07) is 3.56. The van der Waals surface area contributed by atoms with E-state index in [9.17, 15) is 18.0 Å². The van der Waals surface area contributed by atoms with E-state index in [0.717, 1.165) is 6.07 Å². The van der Waals surface area contributed by atoms with Gasteiger partial charge in [-0.15, -0.1) is 0 Å². The quantitative estimate of drug-likeness (QED) is 0.863. The highest BCUT2D eigenvalue weighted by atomic mass is 32.2. The Morgan fingerprint density at radius 3 is 2.57 bits per heavy atom. The molecular formula is C13H15NO6S. The SMILES string of the molecule is COc1ccc(C(=O)O)cc1S(=O)(=O)C1CCN(C)C1=O. The second-order valence-corrected chi connectivity index (χ2v) is 6.85. The summed E-state index contributed by atoms with van der Waals surface area (Å²) in [5, 5.41) is 7.79. The van der Waals surface area contributed by atoms with Gasteiger partial charge in [-0.1, -0.05) is 0 Å². The summed E-state index contributed by atoms with van der Waals surface area (Å²) < 4.78 is 30.2. The van der Waals surface area contributed by atoms with Crippen molar-refractivity contribution in [2.75, 3.05) is 20.7 Å². The molecule has 0 bridgehead atoms. The van der Waals surface area contributed by atoms with Crippen molar-refractivity contribution in [2.24, 2.45) is 0 Å². The number of rotatable bonds is 4.